The summed E-state index contributed by atoms with van der Waals surface area (Å²) in [4.78, 5) is 11.9. The van der Waals surface area contributed by atoms with Crippen LogP contribution in [0.1, 0.15) is 24.8 Å². The van der Waals surface area contributed by atoms with Crippen LogP contribution in [0.2, 0.25) is 5.02 Å². The predicted octanol–water partition coefficient (Wildman–Crippen LogP) is 2.54. The molecule has 1 aromatic rings. The molecule has 1 amide bonds. The van der Waals surface area contributed by atoms with Gasteiger partial charge in [-0.1, -0.05) is 11.6 Å². The van der Waals surface area contributed by atoms with E-state index in [2.05, 4.69) is 10.6 Å². The highest BCUT2D eigenvalue weighted by Crippen LogP contribution is 2.21. The molecule has 1 saturated heterocycles. The summed E-state index contributed by atoms with van der Waals surface area (Å²) in [6, 6.07) is 6.91. The number of nitrogens with zero attached hydrogens (tertiary/aromatic N) is 1. The van der Waals surface area contributed by atoms with E-state index in [1.54, 1.807) is 18.2 Å². The van der Waals surface area contributed by atoms with Crippen LogP contribution in [0.4, 0.5) is 5.69 Å². The van der Waals surface area contributed by atoms with Gasteiger partial charge in [-0.2, -0.15) is 5.26 Å². The molecule has 0 spiro atoms. The predicted molar refractivity (Wildman–Crippen MR) is 75.0 cm³/mol. The van der Waals surface area contributed by atoms with Crippen LogP contribution in [0, 0.1) is 17.2 Å². The van der Waals surface area contributed by atoms with Crippen molar-refractivity contribution in [2.45, 2.75) is 19.3 Å². The summed E-state index contributed by atoms with van der Waals surface area (Å²) in [5, 5.41) is 15.2. The molecule has 0 saturated carbocycles. The molecule has 19 heavy (non-hydrogen) atoms. The summed E-state index contributed by atoms with van der Waals surface area (Å²) in [5.41, 5.74) is 1.06. The maximum absolute atomic E-state index is 11.9. The normalized spacial score (nSPS) is 15.8. The van der Waals surface area contributed by atoms with Crippen molar-refractivity contribution in [2.24, 2.45) is 5.92 Å². The second-order valence-corrected chi connectivity index (χ2v) is 5.16. The number of nitriles is 1. The van der Waals surface area contributed by atoms with Gasteiger partial charge in [0, 0.05) is 12.1 Å². The van der Waals surface area contributed by atoms with Gasteiger partial charge in [-0.15, -0.1) is 0 Å². The lowest BCUT2D eigenvalue weighted by Gasteiger charge is -2.21. The Labute approximate surface area is 117 Å². The van der Waals surface area contributed by atoms with Crippen LogP contribution in [-0.4, -0.2) is 19.0 Å². The molecule has 1 aliphatic heterocycles. The number of nitrogens with one attached hydrogen (secondary N) is 2. The number of anilines is 1. The van der Waals surface area contributed by atoms with Gasteiger partial charge in [0.1, 0.15) is 6.07 Å². The van der Waals surface area contributed by atoms with E-state index in [4.69, 9.17) is 16.9 Å². The van der Waals surface area contributed by atoms with Gasteiger partial charge >= 0.3 is 0 Å². The van der Waals surface area contributed by atoms with Gasteiger partial charge < -0.3 is 10.6 Å². The lowest BCUT2D eigenvalue weighted by atomic mass is 9.94. The highest BCUT2D eigenvalue weighted by atomic mass is 35.5. The summed E-state index contributed by atoms with van der Waals surface area (Å²) in [6.45, 7) is 1.97. The van der Waals surface area contributed by atoms with Crippen LogP contribution in [-0.2, 0) is 4.79 Å². The number of halogens is 1. The fraction of sp³-hybridized carbons (Fsp3) is 0.429. The van der Waals surface area contributed by atoms with Gasteiger partial charge in [0.05, 0.1) is 10.6 Å². The molecule has 5 heteroatoms. The molecule has 1 heterocycles. The van der Waals surface area contributed by atoms with Crippen molar-refractivity contribution in [3.8, 4) is 6.07 Å². The number of piperidine rings is 1. The van der Waals surface area contributed by atoms with Gasteiger partial charge in [0.2, 0.25) is 5.91 Å². The first-order chi connectivity index (χ1) is 9.19. The van der Waals surface area contributed by atoms with Crippen molar-refractivity contribution in [3.63, 3.8) is 0 Å². The Balaban J connectivity index is 1.91. The highest BCUT2D eigenvalue weighted by Gasteiger charge is 2.16. The van der Waals surface area contributed by atoms with E-state index in [1.165, 1.54) is 0 Å². The zero-order valence-electron chi connectivity index (χ0n) is 10.6. The molecule has 0 radical (unpaired) electrons. The molecule has 100 valence electrons. The van der Waals surface area contributed by atoms with E-state index in [0.717, 1.165) is 25.9 Å². The largest absolute Gasteiger partial charge is 0.326 e. The van der Waals surface area contributed by atoms with Crippen molar-refractivity contribution in [3.05, 3.63) is 28.8 Å². The monoisotopic (exact) mass is 277 g/mol. The number of hydrogen-bond acceptors (Lipinski definition) is 3. The van der Waals surface area contributed by atoms with Crippen molar-refractivity contribution in [1.29, 1.82) is 5.26 Å². The zero-order valence-corrected chi connectivity index (χ0v) is 11.3. The van der Waals surface area contributed by atoms with E-state index in [0.29, 0.717) is 28.6 Å². The average molecular weight is 278 g/mol. The molecule has 0 atom stereocenters. The summed E-state index contributed by atoms with van der Waals surface area (Å²) < 4.78 is 0. The third-order valence-electron chi connectivity index (χ3n) is 3.31. The first-order valence-corrected chi connectivity index (χ1v) is 6.77. The minimum Gasteiger partial charge on any atom is -0.326 e. The molecule has 1 aliphatic rings. The number of hydrogen-bond donors (Lipinski definition) is 2. The van der Waals surface area contributed by atoms with Crippen LogP contribution in [0.3, 0.4) is 0 Å². The van der Waals surface area contributed by atoms with E-state index in [-0.39, 0.29) is 5.91 Å². The standard InChI is InChI=1S/C14H16ClN3O/c15-13-8-12(2-1-11(13)9-16)18-14(19)7-10-3-5-17-6-4-10/h1-2,8,10,17H,3-7H2,(H,18,19). The average Bonchev–Trinajstić information content (AvgIpc) is 2.40. The number of amides is 1. The molecule has 1 fully saturated rings. The number of carbonyl (C=O) groups is 1. The molecule has 0 unspecified atom stereocenters. The van der Waals surface area contributed by atoms with E-state index in [1.807, 2.05) is 6.07 Å². The smallest absolute Gasteiger partial charge is 0.224 e. The lowest BCUT2D eigenvalue weighted by Crippen LogP contribution is -2.30. The topological polar surface area (TPSA) is 64.9 Å². The van der Waals surface area contributed by atoms with Gasteiger partial charge in [-0.05, 0) is 50.0 Å². The van der Waals surface area contributed by atoms with Gasteiger partial charge in [0.15, 0.2) is 0 Å². The Morgan fingerprint density at radius 2 is 2.21 bits per heavy atom. The van der Waals surface area contributed by atoms with Gasteiger partial charge in [-0.25, -0.2) is 0 Å². The minimum absolute atomic E-state index is 0.00711. The van der Waals surface area contributed by atoms with E-state index < -0.39 is 0 Å². The number of rotatable bonds is 3. The van der Waals surface area contributed by atoms with Crippen LogP contribution in [0.5, 0.6) is 0 Å². The molecular formula is C14H16ClN3O. The maximum atomic E-state index is 11.9. The molecule has 2 rings (SSSR count). The number of carbonyl (C=O) groups excluding carboxylic acids is 1. The molecule has 2 N–H and O–H groups in total. The van der Waals surface area contributed by atoms with E-state index >= 15 is 0 Å². The molecule has 0 aliphatic carbocycles. The maximum Gasteiger partial charge on any atom is 0.224 e. The van der Waals surface area contributed by atoms with Crippen molar-refractivity contribution in [1.82, 2.24) is 5.32 Å². The molecule has 0 aromatic heterocycles. The van der Waals surface area contributed by atoms with Crippen molar-refractivity contribution >= 4 is 23.2 Å². The summed E-state index contributed by atoms with van der Waals surface area (Å²) in [6.07, 6.45) is 2.63. The molecule has 0 bridgehead atoms. The Morgan fingerprint density at radius 3 is 2.84 bits per heavy atom. The first-order valence-electron chi connectivity index (χ1n) is 6.39. The van der Waals surface area contributed by atoms with E-state index in [9.17, 15) is 4.79 Å². The van der Waals surface area contributed by atoms with Crippen molar-refractivity contribution in [2.75, 3.05) is 18.4 Å². The molecular weight excluding hydrogens is 262 g/mol. The Hall–Kier alpha value is -1.57. The Bertz CT molecular complexity index is 504. The summed E-state index contributed by atoms with van der Waals surface area (Å²) >= 11 is 5.92. The Morgan fingerprint density at radius 1 is 1.47 bits per heavy atom. The van der Waals surface area contributed by atoms with Crippen molar-refractivity contribution < 1.29 is 4.79 Å². The quantitative estimate of drug-likeness (QED) is 0.892. The van der Waals surface area contributed by atoms with Crippen LogP contribution in [0.25, 0.3) is 0 Å². The molecule has 1 aromatic carbocycles. The summed E-state index contributed by atoms with van der Waals surface area (Å²) in [5.74, 6) is 0.461. The molecule has 4 nitrogen and oxygen atoms in total. The van der Waals surface area contributed by atoms with Crippen LogP contribution >= 0.6 is 11.6 Å². The number of benzene rings is 1. The third kappa shape index (κ3) is 3.95. The third-order valence-corrected chi connectivity index (χ3v) is 3.62. The first kappa shape index (κ1) is 13.9. The zero-order chi connectivity index (χ0) is 13.7. The fourth-order valence-electron chi connectivity index (χ4n) is 2.24. The van der Waals surface area contributed by atoms with Gasteiger partial charge in [0.25, 0.3) is 0 Å². The minimum atomic E-state index is 0.00711. The van der Waals surface area contributed by atoms with Crippen LogP contribution < -0.4 is 10.6 Å². The Kier molecular flexibility index (Phi) is 4.78. The highest BCUT2D eigenvalue weighted by molar-refractivity contribution is 6.32. The SMILES string of the molecule is N#Cc1ccc(NC(=O)CC2CCNCC2)cc1Cl. The summed E-state index contributed by atoms with van der Waals surface area (Å²) in [7, 11) is 0. The fourth-order valence-corrected chi connectivity index (χ4v) is 2.47. The lowest BCUT2D eigenvalue weighted by molar-refractivity contribution is -0.117. The second kappa shape index (κ2) is 6.55. The second-order valence-electron chi connectivity index (χ2n) is 4.75. The van der Waals surface area contributed by atoms with Gasteiger partial charge in [-0.3, -0.25) is 4.79 Å². The van der Waals surface area contributed by atoms with Crippen LogP contribution in [0.15, 0.2) is 18.2 Å².